The SMILES string of the molecule is CC(C)CC(=O)Cn1cc(-c2ccc(CC=O)nc2)nc1-c1cccc(Cl)c1. The van der Waals surface area contributed by atoms with Gasteiger partial charge in [0.15, 0.2) is 5.78 Å². The third-order valence-electron chi connectivity index (χ3n) is 4.25. The molecule has 0 radical (unpaired) electrons. The third-order valence-corrected chi connectivity index (χ3v) is 4.49. The molecular weight excluding hydrogens is 374 g/mol. The second-order valence-corrected chi connectivity index (χ2v) is 7.57. The molecule has 3 aromatic rings. The van der Waals surface area contributed by atoms with Crippen molar-refractivity contribution >= 4 is 23.7 Å². The zero-order valence-electron chi connectivity index (χ0n) is 15.9. The van der Waals surface area contributed by atoms with Crippen LogP contribution in [0.25, 0.3) is 22.6 Å². The standard InChI is InChI=1S/C22H22ClN3O2/c1-15(2)10-20(28)13-26-14-21(17-6-7-19(8-9-27)24-12-17)25-22(26)16-4-3-5-18(23)11-16/h3-7,9,11-12,14-15H,8,10,13H2,1-2H3. The lowest BCUT2D eigenvalue weighted by Crippen LogP contribution is -2.12. The molecule has 144 valence electrons. The second-order valence-electron chi connectivity index (χ2n) is 7.13. The Bertz CT molecular complexity index is 978. The number of hydrogen-bond donors (Lipinski definition) is 0. The van der Waals surface area contributed by atoms with Crippen LogP contribution in [-0.4, -0.2) is 26.6 Å². The van der Waals surface area contributed by atoms with Gasteiger partial charge in [0.25, 0.3) is 0 Å². The molecule has 0 spiro atoms. The molecule has 0 aliphatic carbocycles. The van der Waals surface area contributed by atoms with E-state index in [4.69, 9.17) is 16.6 Å². The second kappa shape index (κ2) is 8.93. The summed E-state index contributed by atoms with van der Waals surface area (Å²) in [4.78, 5) is 32.1. The molecule has 1 aromatic carbocycles. The Morgan fingerprint density at radius 3 is 2.68 bits per heavy atom. The van der Waals surface area contributed by atoms with Gasteiger partial charge >= 0.3 is 0 Å². The number of aldehydes is 1. The number of aromatic nitrogens is 3. The lowest BCUT2D eigenvalue weighted by Gasteiger charge is -2.08. The van der Waals surface area contributed by atoms with E-state index in [0.717, 1.165) is 23.1 Å². The summed E-state index contributed by atoms with van der Waals surface area (Å²) in [7, 11) is 0. The summed E-state index contributed by atoms with van der Waals surface area (Å²) in [6.45, 7) is 4.31. The van der Waals surface area contributed by atoms with Crippen LogP contribution in [0.4, 0.5) is 0 Å². The van der Waals surface area contributed by atoms with Crippen LogP contribution in [-0.2, 0) is 22.6 Å². The minimum atomic E-state index is 0.154. The monoisotopic (exact) mass is 395 g/mol. The van der Waals surface area contributed by atoms with Gasteiger partial charge in [-0.05, 0) is 30.2 Å². The van der Waals surface area contributed by atoms with Gasteiger partial charge in [0.1, 0.15) is 12.1 Å². The summed E-state index contributed by atoms with van der Waals surface area (Å²) in [5.41, 5.74) is 3.10. The molecule has 0 amide bonds. The van der Waals surface area contributed by atoms with Crippen molar-refractivity contribution in [1.29, 1.82) is 0 Å². The Morgan fingerprint density at radius 1 is 1.21 bits per heavy atom. The molecule has 0 aliphatic rings. The smallest absolute Gasteiger partial charge is 0.152 e. The third kappa shape index (κ3) is 4.93. The molecule has 0 saturated carbocycles. The quantitative estimate of drug-likeness (QED) is 0.522. The molecule has 0 fully saturated rings. The summed E-state index contributed by atoms with van der Waals surface area (Å²) in [6.07, 6.45) is 5.19. The fraction of sp³-hybridized carbons (Fsp3) is 0.273. The highest BCUT2D eigenvalue weighted by atomic mass is 35.5. The highest BCUT2D eigenvalue weighted by Gasteiger charge is 2.15. The summed E-state index contributed by atoms with van der Waals surface area (Å²) in [5, 5.41) is 0.613. The number of benzene rings is 1. The van der Waals surface area contributed by atoms with Crippen LogP contribution in [0.3, 0.4) is 0 Å². The zero-order chi connectivity index (χ0) is 20.1. The van der Waals surface area contributed by atoms with Gasteiger partial charge in [-0.15, -0.1) is 0 Å². The summed E-state index contributed by atoms with van der Waals surface area (Å²) in [5.74, 6) is 1.15. The molecule has 2 aromatic heterocycles. The number of nitrogens with zero attached hydrogens (tertiary/aromatic N) is 3. The van der Waals surface area contributed by atoms with E-state index >= 15 is 0 Å². The lowest BCUT2D eigenvalue weighted by atomic mass is 10.1. The normalized spacial score (nSPS) is 11.0. The van der Waals surface area contributed by atoms with Crippen molar-refractivity contribution in [3.05, 3.63) is 59.5 Å². The van der Waals surface area contributed by atoms with Gasteiger partial charge in [0.2, 0.25) is 0 Å². The molecule has 0 unspecified atom stereocenters. The van der Waals surface area contributed by atoms with Gasteiger partial charge in [-0.2, -0.15) is 0 Å². The van der Waals surface area contributed by atoms with E-state index in [2.05, 4.69) is 4.98 Å². The number of carbonyl (C=O) groups excluding carboxylic acids is 2. The van der Waals surface area contributed by atoms with Gasteiger partial charge < -0.3 is 9.36 Å². The van der Waals surface area contributed by atoms with Crippen molar-refractivity contribution in [1.82, 2.24) is 14.5 Å². The highest BCUT2D eigenvalue weighted by molar-refractivity contribution is 6.30. The molecule has 3 rings (SSSR count). The maximum Gasteiger partial charge on any atom is 0.152 e. The maximum atomic E-state index is 12.4. The van der Waals surface area contributed by atoms with Gasteiger partial charge in [-0.25, -0.2) is 4.98 Å². The molecular formula is C22H22ClN3O2. The Kier molecular flexibility index (Phi) is 6.37. The largest absolute Gasteiger partial charge is 0.323 e. The Morgan fingerprint density at radius 2 is 2.04 bits per heavy atom. The van der Waals surface area contributed by atoms with Gasteiger partial charge in [-0.1, -0.05) is 37.6 Å². The lowest BCUT2D eigenvalue weighted by molar-refractivity contribution is -0.120. The summed E-state index contributed by atoms with van der Waals surface area (Å²) < 4.78 is 1.87. The number of ketones is 1. The van der Waals surface area contributed by atoms with Crippen LogP contribution < -0.4 is 0 Å². The summed E-state index contributed by atoms with van der Waals surface area (Å²) >= 11 is 6.15. The van der Waals surface area contributed by atoms with Crippen LogP contribution in [0.15, 0.2) is 48.8 Å². The number of carbonyl (C=O) groups is 2. The van der Waals surface area contributed by atoms with E-state index in [1.165, 1.54) is 0 Å². The number of halogens is 1. The predicted octanol–water partition coefficient (Wildman–Crippen LogP) is 4.62. The van der Waals surface area contributed by atoms with E-state index in [1.54, 1.807) is 12.3 Å². The Hall–Kier alpha value is -2.79. The van der Waals surface area contributed by atoms with Crippen LogP contribution in [0.2, 0.25) is 5.02 Å². The fourth-order valence-electron chi connectivity index (χ4n) is 3.03. The molecule has 2 heterocycles. The maximum absolute atomic E-state index is 12.4. The molecule has 0 saturated heterocycles. The van der Waals surface area contributed by atoms with Crippen LogP contribution in [0.1, 0.15) is 26.0 Å². The average Bonchev–Trinajstić information content (AvgIpc) is 3.05. The molecule has 28 heavy (non-hydrogen) atoms. The number of Topliss-reactive ketones (excluding diaryl/α,β-unsaturated/α-hetero) is 1. The van der Waals surface area contributed by atoms with Crippen molar-refractivity contribution in [2.45, 2.75) is 33.2 Å². The molecule has 0 atom stereocenters. The van der Waals surface area contributed by atoms with Crippen molar-refractivity contribution in [3.8, 4) is 22.6 Å². The first-order valence-electron chi connectivity index (χ1n) is 9.20. The highest BCUT2D eigenvalue weighted by Crippen LogP contribution is 2.27. The number of hydrogen-bond acceptors (Lipinski definition) is 4. The Labute approximate surface area is 169 Å². The van der Waals surface area contributed by atoms with E-state index in [1.807, 2.05) is 54.9 Å². The van der Waals surface area contributed by atoms with Gasteiger partial charge in [-0.3, -0.25) is 9.78 Å². The minimum Gasteiger partial charge on any atom is -0.323 e. The minimum absolute atomic E-state index is 0.154. The van der Waals surface area contributed by atoms with E-state index in [9.17, 15) is 9.59 Å². The first kappa shape index (κ1) is 20.0. The van der Waals surface area contributed by atoms with Gasteiger partial charge in [0, 0.05) is 47.1 Å². The van der Waals surface area contributed by atoms with Crippen LogP contribution >= 0.6 is 11.6 Å². The van der Waals surface area contributed by atoms with Crippen molar-refractivity contribution < 1.29 is 9.59 Å². The van der Waals surface area contributed by atoms with E-state index in [-0.39, 0.29) is 18.7 Å². The summed E-state index contributed by atoms with van der Waals surface area (Å²) in [6, 6.07) is 11.1. The zero-order valence-corrected chi connectivity index (χ0v) is 16.7. The van der Waals surface area contributed by atoms with Crippen LogP contribution in [0, 0.1) is 5.92 Å². The predicted molar refractivity (Wildman–Crippen MR) is 110 cm³/mol. The number of pyridine rings is 1. The molecule has 5 nitrogen and oxygen atoms in total. The van der Waals surface area contributed by atoms with Crippen molar-refractivity contribution in [3.63, 3.8) is 0 Å². The molecule has 0 aliphatic heterocycles. The topological polar surface area (TPSA) is 64.8 Å². The first-order valence-corrected chi connectivity index (χ1v) is 9.58. The average molecular weight is 396 g/mol. The fourth-order valence-corrected chi connectivity index (χ4v) is 3.22. The molecule has 0 bridgehead atoms. The Balaban J connectivity index is 1.99. The van der Waals surface area contributed by atoms with Gasteiger partial charge in [0.05, 0.1) is 12.2 Å². The van der Waals surface area contributed by atoms with Crippen molar-refractivity contribution in [2.75, 3.05) is 0 Å². The van der Waals surface area contributed by atoms with Crippen molar-refractivity contribution in [2.24, 2.45) is 5.92 Å². The van der Waals surface area contributed by atoms with E-state index in [0.29, 0.717) is 28.9 Å². The number of rotatable bonds is 8. The van der Waals surface area contributed by atoms with E-state index < -0.39 is 0 Å². The molecule has 6 heteroatoms. The first-order chi connectivity index (χ1) is 13.5. The number of imidazole rings is 1. The van der Waals surface area contributed by atoms with Crippen LogP contribution in [0.5, 0.6) is 0 Å². The molecule has 0 N–H and O–H groups in total.